The minimum absolute atomic E-state index is 0.0219. The predicted octanol–water partition coefficient (Wildman–Crippen LogP) is 3.54. The van der Waals surface area contributed by atoms with Gasteiger partial charge in [-0.15, -0.1) is 0 Å². The van der Waals surface area contributed by atoms with E-state index in [0.717, 1.165) is 16.6 Å². The molecule has 136 valence electrons. The summed E-state index contributed by atoms with van der Waals surface area (Å²) in [4.78, 5) is 19.1. The van der Waals surface area contributed by atoms with Gasteiger partial charge in [-0.2, -0.15) is 0 Å². The molecule has 0 atom stereocenters. The van der Waals surface area contributed by atoms with Crippen molar-refractivity contribution in [3.63, 3.8) is 0 Å². The number of rotatable bonds is 9. The third-order valence-corrected chi connectivity index (χ3v) is 5.00. The maximum absolute atomic E-state index is 12.7. The zero-order chi connectivity index (χ0) is 18.2. The normalized spacial score (nSPS) is 11.0. The van der Waals surface area contributed by atoms with Crippen molar-refractivity contribution in [2.45, 2.75) is 6.42 Å². The van der Waals surface area contributed by atoms with E-state index < -0.39 is 0 Å². The molecular formula is C20H22N2O3S. The standard InChI is InChI=1S/C20H22N2O3S/c1-24-13-14-25-15-19(23)22(12-11-16-7-3-2-4-8-16)20-21-17-9-5-6-10-18(17)26-20/h2-10H,11-15H2,1H3. The number of nitrogens with zero attached hydrogens (tertiary/aromatic N) is 2. The number of para-hydroxylation sites is 1. The Morgan fingerprint density at radius 2 is 1.85 bits per heavy atom. The molecule has 2 aromatic carbocycles. The lowest BCUT2D eigenvalue weighted by Crippen LogP contribution is -2.36. The molecule has 1 amide bonds. The molecule has 0 aliphatic rings. The van der Waals surface area contributed by atoms with E-state index in [1.807, 2.05) is 42.5 Å². The van der Waals surface area contributed by atoms with Crippen LogP contribution in [0.15, 0.2) is 54.6 Å². The molecule has 1 heterocycles. The Hall–Kier alpha value is -2.28. The van der Waals surface area contributed by atoms with E-state index >= 15 is 0 Å². The molecule has 6 heteroatoms. The third-order valence-electron chi connectivity index (χ3n) is 3.94. The first kappa shape index (κ1) is 18.5. The fourth-order valence-corrected chi connectivity index (χ4v) is 3.58. The van der Waals surface area contributed by atoms with Crippen molar-refractivity contribution in [3.05, 3.63) is 60.2 Å². The van der Waals surface area contributed by atoms with Crippen LogP contribution in [-0.4, -0.2) is 44.4 Å². The first-order chi connectivity index (χ1) is 12.8. The number of anilines is 1. The van der Waals surface area contributed by atoms with E-state index in [9.17, 15) is 4.79 Å². The molecule has 0 unspecified atom stereocenters. The van der Waals surface area contributed by atoms with E-state index in [-0.39, 0.29) is 12.5 Å². The highest BCUT2D eigenvalue weighted by Gasteiger charge is 2.19. The molecule has 0 saturated heterocycles. The summed E-state index contributed by atoms with van der Waals surface area (Å²) in [6, 6.07) is 18.1. The van der Waals surface area contributed by atoms with Crippen LogP contribution in [0.2, 0.25) is 0 Å². The molecule has 0 bridgehead atoms. The number of carbonyl (C=O) groups is 1. The van der Waals surface area contributed by atoms with E-state index in [4.69, 9.17) is 9.47 Å². The summed E-state index contributed by atoms with van der Waals surface area (Å²) in [5, 5.41) is 0.711. The summed E-state index contributed by atoms with van der Waals surface area (Å²) < 4.78 is 11.4. The van der Waals surface area contributed by atoms with Crippen LogP contribution in [0.25, 0.3) is 10.2 Å². The van der Waals surface area contributed by atoms with E-state index in [1.54, 1.807) is 12.0 Å². The van der Waals surface area contributed by atoms with Gasteiger partial charge in [0.15, 0.2) is 5.13 Å². The van der Waals surface area contributed by atoms with Crippen LogP contribution in [0.4, 0.5) is 5.13 Å². The monoisotopic (exact) mass is 370 g/mol. The van der Waals surface area contributed by atoms with Crippen LogP contribution >= 0.6 is 11.3 Å². The van der Waals surface area contributed by atoms with Crippen molar-refractivity contribution in [1.29, 1.82) is 0 Å². The van der Waals surface area contributed by atoms with Crippen LogP contribution < -0.4 is 4.90 Å². The largest absolute Gasteiger partial charge is 0.382 e. The number of hydrogen-bond donors (Lipinski definition) is 0. The summed E-state index contributed by atoms with van der Waals surface area (Å²) in [5.74, 6) is -0.0870. The molecule has 0 fully saturated rings. The molecule has 0 aliphatic carbocycles. The maximum Gasteiger partial charge on any atom is 0.254 e. The minimum atomic E-state index is -0.0870. The molecule has 0 aliphatic heterocycles. The average molecular weight is 370 g/mol. The van der Waals surface area contributed by atoms with Gasteiger partial charge in [-0.1, -0.05) is 53.8 Å². The quantitative estimate of drug-likeness (QED) is 0.541. The Bertz CT molecular complexity index is 802. The van der Waals surface area contributed by atoms with Gasteiger partial charge in [0.1, 0.15) is 6.61 Å². The number of aromatic nitrogens is 1. The summed E-state index contributed by atoms with van der Waals surface area (Å²) >= 11 is 1.53. The van der Waals surface area contributed by atoms with Crippen molar-refractivity contribution in [3.8, 4) is 0 Å². The van der Waals surface area contributed by atoms with Crippen molar-refractivity contribution in [2.75, 3.05) is 38.4 Å². The van der Waals surface area contributed by atoms with Crippen molar-refractivity contribution >= 4 is 32.6 Å². The predicted molar refractivity (Wildman–Crippen MR) is 105 cm³/mol. The van der Waals surface area contributed by atoms with Gasteiger partial charge in [-0.25, -0.2) is 4.98 Å². The molecule has 0 saturated carbocycles. The highest BCUT2D eigenvalue weighted by atomic mass is 32.1. The van der Waals surface area contributed by atoms with Crippen molar-refractivity contribution in [2.24, 2.45) is 0 Å². The molecule has 3 aromatic rings. The Labute approximate surface area is 157 Å². The third kappa shape index (κ3) is 4.88. The molecule has 0 N–H and O–H groups in total. The number of hydrogen-bond acceptors (Lipinski definition) is 5. The lowest BCUT2D eigenvalue weighted by atomic mass is 10.1. The smallest absolute Gasteiger partial charge is 0.254 e. The molecule has 26 heavy (non-hydrogen) atoms. The zero-order valence-corrected chi connectivity index (χ0v) is 15.6. The number of benzene rings is 2. The van der Waals surface area contributed by atoms with Crippen LogP contribution in [-0.2, 0) is 20.7 Å². The lowest BCUT2D eigenvalue weighted by molar-refractivity contribution is -0.123. The number of thiazole rings is 1. The Morgan fingerprint density at radius 3 is 2.62 bits per heavy atom. The molecule has 3 rings (SSSR count). The highest BCUT2D eigenvalue weighted by molar-refractivity contribution is 7.22. The molecular weight excluding hydrogens is 348 g/mol. The van der Waals surface area contributed by atoms with Gasteiger partial charge >= 0.3 is 0 Å². The first-order valence-corrected chi connectivity index (χ1v) is 9.36. The summed E-state index contributed by atoms with van der Waals surface area (Å²) in [7, 11) is 1.61. The molecule has 5 nitrogen and oxygen atoms in total. The summed E-state index contributed by atoms with van der Waals surface area (Å²) in [6.07, 6.45) is 0.764. The Kier molecular flexibility index (Phi) is 6.71. The first-order valence-electron chi connectivity index (χ1n) is 8.54. The number of fused-ring (bicyclic) bond motifs is 1. The van der Waals surface area contributed by atoms with Gasteiger partial charge in [-0.05, 0) is 24.1 Å². The Balaban J connectivity index is 1.74. The maximum atomic E-state index is 12.7. The minimum Gasteiger partial charge on any atom is -0.382 e. The zero-order valence-electron chi connectivity index (χ0n) is 14.8. The lowest BCUT2D eigenvalue weighted by Gasteiger charge is -2.20. The number of carbonyl (C=O) groups excluding carboxylic acids is 1. The SMILES string of the molecule is COCCOCC(=O)N(CCc1ccccc1)c1nc2ccccc2s1. The molecule has 0 spiro atoms. The van der Waals surface area contributed by atoms with Gasteiger partial charge in [0.05, 0.1) is 23.4 Å². The summed E-state index contributed by atoms with van der Waals surface area (Å²) in [6.45, 7) is 1.46. The van der Waals surface area contributed by atoms with Gasteiger partial charge in [0.25, 0.3) is 5.91 Å². The van der Waals surface area contributed by atoms with Crippen LogP contribution in [0.3, 0.4) is 0 Å². The summed E-state index contributed by atoms with van der Waals surface area (Å²) in [5.41, 5.74) is 2.09. The van der Waals surface area contributed by atoms with Crippen LogP contribution in [0.5, 0.6) is 0 Å². The van der Waals surface area contributed by atoms with Gasteiger partial charge in [0.2, 0.25) is 0 Å². The molecule has 0 radical (unpaired) electrons. The number of ether oxygens (including phenoxy) is 2. The van der Waals surface area contributed by atoms with Crippen molar-refractivity contribution < 1.29 is 14.3 Å². The second-order valence-corrected chi connectivity index (χ2v) is 6.80. The highest BCUT2D eigenvalue weighted by Crippen LogP contribution is 2.28. The number of amides is 1. The second-order valence-electron chi connectivity index (χ2n) is 5.79. The van der Waals surface area contributed by atoms with Crippen LogP contribution in [0, 0.1) is 0 Å². The van der Waals surface area contributed by atoms with Gasteiger partial charge in [-0.3, -0.25) is 9.69 Å². The average Bonchev–Trinajstić information content (AvgIpc) is 3.10. The van der Waals surface area contributed by atoms with Gasteiger partial charge < -0.3 is 9.47 Å². The van der Waals surface area contributed by atoms with Crippen molar-refractivity contribution in [1.82, 2.24) is 4.98 Å². The topological polar surface area (TPSA) is 51.7 Å². The van der Waals surface area contributed by atoms with E-state index in [1.165, 1.54) is 16.9 Å². The van der Waals surface area contributed by atoms with E-state index in [0.29, 0.717) is 24.9 Å². The van der Waals surface area contributed by atoms with Gasteiger partial charge in [0, 0.05) is 13.7 Å². The number of methoxy groups -OCH3 is 1. The Morgan fingerprint density at radius 1 is 1.08 bits per heavy atom. The fourth-order valence-electron chi connectivity index (χ4n) is 2.57. The molecule has 1 aromatic heterocycles. The van der Waals surface area contributed by atoms with E-state index in [2.05, 4.69) is 17.1 Å². The second kappa shape index (κ2) is 9.43. The fraction of sp³-hybridized carbons (Fsp3) is 0.300. The van der Waals surface area contributed by atoms with Crippen LogP contribution in [0.1, 0.15) is 5.56 Å².